The number of amides is 1. The summed E-state index contributed by atoms with van der Waals surface area (Å²) < 4.78 is 5.29. The van der Waals surface area contributed by atoms with E-state index < -0.39 is 6.10 Å². The van der Waals surface area contributed by atoms with E-state index in [0.29, 0.717) is 24.8 Å². The first-order valence-corrected chi connectivity index (χ1v) is 8.32. The van der Waals surface area contributed by atoms with Crippen molar-refractivity contribution in [3.05, 3.63) is 34.9 Å². The molecule has 1 aromatic carbocycles. The van der Waals surface area contributed by atoms with Gasteiger partial charge in [-0.25, -0.2) is 0 Å². The molecule has 1 saturated heterocycles. The van der Waals surface area contributed by atoms with Crippen LogP contribution in [-0.4, -0.2) is 36.9 Å². The number of halogens is 1. The van der Waals surface area contributed by atoms with E-state index >= 15 is 0 Å². The number of aliphatic hydroxyl groups is 1. The van der Waals surface area contributed by atoms with Gasteiger partial charge in [0.05, 0.1) is 6.10 Å². The molecule has 3 rings (SSSR count). The minimum Gasteiger partial charge on any atom is -0.391 e. The molecule has 1 aliphatic heterocycles. The van der Waals surface area contributed by atoms with Crippen molar-refractivity contribution in [1.82, 2.24) is 5.32 Å². The normalized spacial score (nSPS) is 26.5. The molecule has 2 N–H and O–H groups in total. The van der Waals surface area contributed by atoms with Crippen molar-refractivity contribution >= 4 is 17.5 Å². The van der Waals surface area contributed by atoms with Crippen LogP contribution < -0.4 is 5.32 Å². The lowest BCUT2D eigenvalue weighted by Gasteiger charge is -2.26. The number of carbonyl (C=O) groups excluding carboxylic acids is 1. The van der Waals surface area contributed by atoms with E-state index in [1.807, 2.05) is 24.3 Å². The Labute approximate surface area is 135 Å². The maximum Gasteiger partial charge on any atom is 0.223 e. The third-order valence-electron chi connectivity index (χ3n) is 4.72. The highest BCUT2D eigenvalue weighted by Gasteiger charge is 2.43. The fraction of sp³-hybridized carbons (Fsp3) is 0.588. The standard InChI is InChI=1S/C17H22ClNO3/c18-13-3-1-11(2-4-13)14-9-15(14)17(21)19-10-16(20)12-5-7-22-8-6-12/h1-4,12,14-16,20H,5-10H2,(H,19,21)/t14-,15+,16-/m1/s1. The van der Waals surface area contributed by atoms with Crippen LogP contribution in [0.15, 0.2) is 24.3 Å². The first-order valence-electron chi connectivity index (χ1n) is 7.94. The van der Waals surface area contributed by atoms with Crippen LogP contribution in [0.2, 0.25) is 5.02 Å². The van der Waals surface area contributed by atoms with Gasteiger partial charge in [-0.1, -0.05) is 23.7 Å². The van der Waals surface area contributed by atoms with Gasteiger partial charge in [-0.05, 0) is 48.8 Å². The third kappa shape index (κ3) is 3.80. The second kappa shape index (κ2) is 6.99. The molecule has 4 nitrogen and oxygen atoms in total. The molecule has 0 spiro atoms. The fourth-order valence-corrected chi connectivity index (χ4v) is 3.29. The fourth-order valence-electron chi connectivity index (χ4n) is 3.17. The Hall–Kier alpha value is -1.10. The van der Waals surface area contributed by atoms with E-state index in [0.717, 1.165) is 24.8 Å². The van der Waals surface area contributed by atoms with Gasteiger partial charge >= 0.3 is 0 Å². The summed E-state index contributed by atoms with van der Waals surface area (Å²) in [6, 6.07) is 7.69. The van der Waals surface area contributed by atoms with Gasteiger partial charge in [-0.3, -0.25) is 4.79 Å². The summed E-state index contributed by atoms with van der Waals surface area (Å²) in [5, 5.41) is 13.8. The molecule has 1 amide bonds. The van der Waals surface area contributed by atoms with Crippen molar-refractivity contribution in [3.63, 3.8) is 0 Å². The molecule has 2 aliphatic rings. The molecule has 1 heterocycles. The van der Waals surface area contributed by atoms with E-state index in [1.165, 1.54) is 0 Å². The summed E-state index contributed by atoms with van der Waals surface area (Å²) in [6.45, 7) is 1.75. The topological polar surface area (TPSA) is 58.6 Å². The highest BCUT2D eigenvalue weighted by molar-refractivity contribution is 6.30. The number of hydrogen-bond donors (Lipinski definition) is 2. The van der Waals surface area contributed by atoms with Gasteiger partial charge in [0.25, 0.3) is 0 Å². The first kappa shape index (κ1) is 15.8. The summed E-state index contributed by atoms with van der Waals surface area (Å²) in [5.74, 6) is 0.604. The van der Waals surface area contributed by atoms with Crippen LogP contribution in [0.25, 0.3) is 0 Å². The third-order valence-corrected chi connectivity index (χ3v) is 4.97. The maximum atomic E-state index is 12.2. The zero-order chi connectivity index (χ0) is 15.5. The van der Waals surface area contributed by atoms with Gasteiger partial charge in [0, 0.05) is 30.7 Å². The van der Waals surface area contributed by atoms with Crippen molar-refractivity contribution in [1.29, 1.82) is 0 Å². The molecule has 2 fully saturated rings. The number of benzene rings is 1. The largest absolute Gasteiger partial charge is 0.391 e. The van der Waals surface area contributed by atoms with E-state index in [4.69, 9.17) is 16.3 Å². The molecule has 5 heteroatoms. The number of ether oxygens (including phenoxy) is 1. The van der Waals surface area contributed by atoms with Crippen LogP contribution in [0, 0.1) is 11.8 Å². The van der Waals surface area contributed by atoms with Gasteiger partial charge in [0.1, 0.15) is 0 Å². The minimum absolute atomic E-state index is 0.0306. The number of rotatable bonds is 5. The summed E-state index contributed by atoms with van der Waals surface area (Å²) in [5.41, 5.74) is 1.16. The number of carbonyl (C=O) groups is 1. The predicted octanol–water partition coefficient (Wildman–Crippen LogP) is 2.35. The van der Waals surface area contributed by atoms with Gasteiger partial charge in [0.2, 0.25) is 5.91 Å². The van der Waals surface area contributed by atoms with Crippen molar-refractivity contribution in [2.24, 2.45) is 11.8 Å². The summed E-state index contributed by atoms with van der Waals surface area (Å²) >= 11 is 5.88. The molecule has 1 aliphatic carbocycles. The van der Waals surface area contributed by atoms with Crippen LogP contribution in [0.5, 0.6) is 0 Å². The molecule has 1 aromatic rings. The Morgan fingerprint density at radius 3 is 2.68 bits per heavy atom. The highest BCUT2D eigenvalue weighted by atomic mass is 35.5. The number of nitrogens with one attached hydrogen (secondary N) is 1. The van der Waals surface area contributed by atoms with E-state index in [1.54, 1.807) is 0 Å². The predicted molar refractivity (Wildman–Crippen MR) is 84.9 cm³/mol. The second-order valence-electron chi connectivity index (χ2n) is 6.26. The lowest BCUT2D eigenvalue weighted by Crippen LogP contribution is -2.39. The quantitative estimate of drug-likeness (QED) is 0.874. The SMILES string of the molecule is O=C(NC[C@@H](O)C1CCOCC1)[C@H]1C[C@@H]1c1ccc(Cl)cc1. The average molecular weight is 324 g/mol. The van der Waals surface area contributed by atoms with Gasteiger partial charge in [-0.15, -0.1) is 0 Å². The summed E-state index contributed by atoms with van der Waals surface area (Å²) in [6.07, 6.45) is 2.14. The van der Waals surface area contributed by atoms with E-state index in [2.05, 4.69) is 5.32 Å². The molecular weight excluding hydrogens is 302 g/mol. The van der Waals surface area contributed by atoms with Crippen molar-refractivity contribution in [2.45, 2.75) is 31.3 Å². The van der Waals surface area contributed by atoms with Gasteiger partial charge in [-0.2, -0.15) is 0 Å². The van der Waals surface area contributed by atoms with Crippen LogP contribution in [0.3, 0.4) is 0 Å². The molecule has 0 aromatic heterocycles. The molecule has 0 radical (unpaired) electrons. The van der Waals surface area contributed by atoms with E-state index in [9.17, 15) is 9.90 Å². The van der Waals surface area contributed by atoms with Gasteiger partial charge < -0.3 is 15.2 Å². The Bertz CT molecular complexity index is 513. The Morgan fingerprint density at radius 1 is 1.32 bits per heavy atom. The van der Waals surface area contributed by atoms with Crippen LogP contribution >= 0.6 is 11.6 Å². The highest BCUT2D eigenvalue weighted by Crippen LogP contribution is 2.47. The zero-order valence-electron chi connectivity index (χ0n) is 12.5. The van der Waals surface area contributed by atoms with Crippen molar-refractivity contribution < 1.29 is 14.6 Å². The lowest BCUT2D eigenvalue weighted by atomic mass is 9.94. The smallest absolute Gasteiger partial charge is 0.223 e. The van der Waals surface area contributed by atoms with E-state index in [-0.39, 0.29) is 23.7 Å². The van der Waals surface area contributed by atoms with Crippen LogP contribution in [0.1, 0.15) is 30.7 Å². The monoisotopic (exact) mass is 323 g/mol. The maximum absolute atomic E-state index is 12.2. The van der Waals surface area contributed by atoms with Crippen LogP contribution in [-0.2, 0) is 9.53 Å². The van der Waals surface area contributed by atoms with Crippen molar-refractivity contribution in [3.8, 4) is 0 Å². The molecule has 1 saturated carbocycles. The minimum atomic E-state index is -0.472. The molecule has 120 valence electrons. The Kier molecular flexibility index (Phi) is 5.01. The van der Waals surface area contributed by atoms with Crippen molar-refractivity contribution in [2.75, 3.05) is 19.8 Å². The molecule has 3 atom stereocenters. The molecular formula is C17H22ClNO3. The average Bonchev–Trinajstić information content (AvgIpc) is 3.34. The number of hydrogen-bond acceptors (Lipinski definition) is 3. The summed E-state index contributed by atoms with van der Waals surface area (Å²) in [7, 11) is 0. The lowest BCUT2D eigenvalue weighted by molar-refractivity contribution is -0.123. The first-order chi connectivity index (χ1) is 10.6. The summed E-state index contributed by atoms with van der Waals surface area (Å²) in [4.78, 5) is 12.2. The number of aliphatic hydroxyl groups excluding tert-OH is 1. The second-order valence-corrected chi connectivity index (χ2v) is 6.70. The molecule has 22 heavy (non-hydrogen) atoms. The zero-order valence-corrected chi connectivity index (χ0v) is 13.3. The Balaban J connectivity index is 1.44. The van der Waals surface area contributed by atoms with Gasteiger partial charge in [0.15, 0.2) is 0 Å². The molecule has 0 bridgehead atoms. The van der Waals surface area contributed by atoms with Crippen LogP contribution in [0.4, 0.5) is 0 Å². The Morgan fingerprint density at radius 2 is 2.00 bits per heavy atom. The molecule has 0 unspecified atom stereocenters.